The molecule has 1 atom stereocenters. The van der Waals surface area contributed by atoms with E-state index in [1.54, 1.807) is 6.20 Å². The van der Waals surface area contributed by atoms with Gasteiger partial charge in [0.25, 0.3) is 5.19 Å². The van der Waals surface area contributed by atoms with Gasteiger partial charge in [-0.15, -0.1) is 0 Å². The van der Waals surface area contributed by atoms with Crippen molar-refractivity contribution in [2.24, 2.45) is 0 Å². The number of likely N-dealkylation sites (tertiary alicyclic amines) is 1. The van der Waals surface area contributed by atoms with E-state index in [0.29, 0.717) is 18.2 Å². The predicted molar refractivity (Wildman–Crippen MR) is 92.0 cm³/mol. The minimum atomic E-state index is 0.0757. The molecule has 2 aromatic rings. The summed E-state index contributed by atoms with van der Waals surface area (Å²) < 4.78 is 5.80. The smallest absolute Gasteiger partial charge is 0.273 e. The van der Waals surface area contributed by atoms with Gasteiger partial charge < -0.3 is 9.64 Å². The van der Waals surface area contributed by atoms with Crippen LogP contribution in [0.5, 0.6) is 5.19 Å². The van der Waals surface area contributed by atoms with Gasteiger partial charge >= 0.3 is 0 Å². The Kier molecular flexibility index (Phi) is 4.96. The third-order valence-electron chi connectivity index (χ3n) is 4.37. The minimum absolute atomic E-state index is 0.0757. The summed E-state index contributed by atoms with van der Waals surface area (Å²) in [6.45, 7) is 5.67. The van der Waals surface area contributed by atoms with Gasteiger partial charge in [0.1, 0.15) is 6.10 Å². The van der Waals surface area contributed by atoms with Crippen LogP contribution >= 0.6 is 11.3 Å². The molecule has 1 amide bonds. The average Bonchev–Trinajstić information content (AvgIpc) is 3.20. The van der Waals surface area contributed by atoms with Crippen LogP contribution in [0.4, 0.5) is 0 Å². The van der Waals surface area contributed by atoms with Gasteiger partial charge in [0, 0.05) is 31.0 Å². The van der Waals surface area contributed by atoms with Gasteiger partial charge in [-0.25, -0.2) is 4.98 Å². The molecule has 0 spiro atoms. The van der Waals surface area contributed by atoms with Crippen molar-refractivity contribution in [3.8, 4) is 5.19 Å². The topological polar surface area (TPSA) is 42.4 Å². The number of aromatic nitrogens is 1. The van der Waals surface area contributed by atoms with Gasteiger partial charge in [-0.05, 0) is 37.0 Å². The molecule has 1 aliphatic heterocycles. The van der Waals surface area contributed by atoms with Crippen molar-refractivity contribution < 1.29 is 9.53 Å². The minimum Gasteiger partial charge on any atom is -0.465 e. The van der Waals surface area contributed by atoms with Crippen LogP contribution in [0.15, 0.2) is 29.8 Å². The van der Waals surface area contributed by atoms with E-state index in [0.717, 1.165) is 19.4 Å². The van der Waals surface area contributed by atoms with Crippen molar-refractivity contribution in [3.05, 3.63) is 46.5 Å². The Bertz CT molecular complexity index is 670. The molecule has 2 heterocycles. The molecule has 23 heavy (non-hydrogen) atoms. The molecule has 4 nitrogen and oxygen atoms in total. The van der Waals surface area contributed by atoms with E-state index in [4.69, 9.17) is 4.74 Å². The molecule has 0 radical (unpaired) electrons. The maximum absolute atomic E-state index is 12.4. The molecule has 1 aromatic carbocycles. The van der Waals surface area contributed by atoms with Crippen molar-refractivity contribution in [1.82, 2.24) is 9.88 Å². The number of hydrogen-bond acceptors (Lipinski definition) is 4. The highest BCUT2D eigenvalue weighted by Gasteiger charge is 2.27. The Morgan fingerprint density at radius 3 is 3.00 bits per heavy atom. The molecular formula is C18H22N2O2S. The molecule has 1 aromatic heterocycles. The highest BCUT2D eigenvalue weighted by Crippen LogP contribution is 2.21. The van der Waals surface area contributed by atoms with Crippen molar-refractivity contribution in [1.29, 1.82) is 0 Å². The van der Waals surface area contributed by atoms with Crippen molar-refractivity contribution in [2.45, 2.75) is 39.2 Å². The lowest BCUT2D eigenvalue weighted by atomic mass is 10.0. The molecule has 122 valence electrons. The van der Waals surface area contributed by atoms with Crippen LogP contribution in [0.3, 0.4) is 0 Å². The Morgan fingerprint density at radius 2 is 2.26 bits per heavy atom. The van der Waals surface area contributed by atoms with E-state index < -0.39 is 0 Å². The van der Waals surface area contributed by atoms with Crippen molar-refractivity contribution in [2.75, 3.05) is 13.1 Å². The average molecular weight is 330 g/mol. The fourth-order valence-corrected chi connectivity index (χ4v) is 3.38. The number of rotatable bonds is 5. The van der Waals surface area contributed by atoms with Gasteiger partial charge in [0.15, 0.2) is 0 Å². The molecule has 0 aliphatic carbocycles. The lowest BCUT2D eigenvalue weighted by Gasteiger charge is -2.16. The number of ether oxygens (including phenoxy) is 1. The number of carbonyl (C=O) groups is 1. The summed E-state index contributed by atoms with van der Waals surface area (Å²) in [5, 5.41) is 2.59. The van der Waals surface area contributed by atoms with E-state index >= 15 is 0 Å². The number of carbonyl (C=O) groups excluding carboxylic acids is 1. The molecule has 1 fully saturated rings. The number of thiazole rings is 1. The maximum Gasteiger partial charge on any atom is 0.273 e. The summed E-state index contributed by atoms with van der Waals surface area (Å²) in [5.74, 6) is 0.216. The summed E-state index contributed by atoms with van der Waals surface area (Å²) in [4.78, 5) is 18.4. The monoisotopic (exact) mass is 330 g/mol. The molecular weight excluding hydrogens is 308 g/mol. The van der Waals surface area contributed by atoms with Crippen LogP contribution in [0.25, 0.3) is 0 Å². The normalized spacial score (nSPS) is 17.5. The number of nitrogens with zero attached hydrogens (tertiary/aromatic N) is 2. The molecule has 0 N–H and O–H groups in total. The van der Waals surface area contributed by atoms with Crippen LogP contribution in [0.2, 0.25) is 0 Å². The standard InChI is InChI=1S/C18H22N2O2S/c1-13-3-4-15(11-14(13)2)5-6-17(21)20-9-7-16(12-20)22-18-19-8-10-23-18/h3-4,8,10-11,16H,5-7,9,12H2,1-2H3. The molecule has 3 rings (SSSR count). The van der Waals surface area contributed by atoms with E-state index in [1.165, 1.54) is 28.0 Å². The maximum atomic E-state index is 12.4. The molecule has 0 saturated carbocycles. The van der Waals surface area contributed by atoms with Crippen LogP contribution in [-0.4, -0.2) is 35.0 Å². The highest BCUT2D eigenvalue weighted by atomic mass is 32.1. The Morgan fingerprint density at radius 1 is 1.39 bits per heavy atom. The van der Waals surface area contributed by atoms with Gasteiger partial charge in [0.2, 0.25) is 5.91 Å². The van der Waals surface area contributed by atoms with Gasteiger partial charge in [-0.3, -0.25) is 4.79 Å². The van der Waals surface area contributed by atoms with E-state index in [1.807, 2.05) is 10.3 Å². The summed E-state index contributed by atoms with van der Waals surface area (Å²) in [6.07, 6.45) is 4.06. The van der Waals surface area contributed by atoms with Gasteiger partial charge in [-0.1, -0.05) is 29.5 Å². The zero-order chi connectivity index (χ0) is 16.2. The first-order valence-electron chi connectivity index (χ1n) is 8.02. The van der Waals surface area contributed by atoms with Crippen LogP contribution in [0.1, 0.15) is 29.5 Å². The number of aryl methyl sites for hydroxylation is 3. The molecule has 0 bridgehead atoms. The second-order valence-corrected chi connectivity index (χ2v) is 6.94. The summed E-state index contributed by atoms with van der Waals surface area (Å²) in [6, 6.07) is 6.43. The molecule has 1 aliphatic rings. The third kappa shape index (κ3) is 4.10. The highest BCUT2D eigenvalue weighted by molar-refractivity contribution is 7.11. The Labute approximate surface area is 141 Å². The van der Waals surface area contributed by atoms with E-state index in [9.17, 15) is 4.79 Å². The summed E-state index contributed by atoms with van der Waals surface area (Å²) >= 11 is 1.49. The second-order valence-electron chi connectivity index (χ2n) is 6.08. The number of benzene rings is 1. The molecule has 5 heteroatoms. The van der Waals surface area contributed by atoms with Crippen molar-refractivity contribution >= 4 is 17.2 Å². The van der Waals surface area contributed by atoms with Gasteiger partial charge in [-0.2, -0.15) is 0 Å². The quantitative estimate of drug-likeness (QED) is 0.844. The zero-order valence-corrected chi connectivity index (χ0v) is 14.4. The lowest BCUT2D eigenvalue weighted by Crippen LogP contribution is -2.31. The van der Waals surface area contributed by atoms with E-state index in [2.05, 4.69) is 37.0 Å². The largest absolute Gasteiger partial charge is 0.465 e. The van der Waals surface area contributed by atoms with E-state index in [-0.39, 0.29) is 12.0 Å². The van der Waals surface area contributed by atoms with Crippen LogP contribution in [0, 0.1) is 13.8 Å². The summed E-state index contributed by atoms with van der Waals surface area (Å²) in [7, 11) is 0. The number of hydrogen-bond donors (Lipinski definition) is 0. The summed E-state index contributed by atoms with van der Waals surface area (Å²) in [5.41, 5.74) is 3.81. The fraction of sp³-hybridized carbons (Fsp3) is 0.444. The Balaban J connectivity index is 1.48. The zero-order valence-electron chi connectivity index (χ0n) is 13.6. The van der Waals surface area contributed by atoms with Crippen LogP contribution < -0.4 is 4.74 Å². The molecule has 1 saturated heterocycles. The predicted octanol–water partition coefficient (Wildman–Crippen LogP) is 3.37. The Hall–Kier alpha value is -1.88. The second kappa shape index (κ2) is 7.13. The number of amides is 1. The van der Waals surface area contributed by atoms with Crippen molar-refractivity contribution in [3.63, 3.8) is 0 Å². The first kappa shape index (κ1) is 16.0. The lowest BCUT2D eigenvalue weighted by molar-refractivity contribution is -0.130. The van der Waals surface area contributed by atoms with Crippen LogP contribution in [-0.2, 0) is 11.2 Å². The fourth-order valence-electron chi connectivity index (χ4n) is 2.83. The van der Waals surface area contributed by atoms with Gasteiger partial charge in [0.05, 0.1) is 6.54 Å². The first-order chi connectivity index (χ1) is 11.1. The third-order valence-corrected chi connectivity index (χ3v) is 5.03. The SMILES string of the molecule is Cc1ccc(CCC(=O)N2CCC(Oc3nccs3)C2)cc1C. The first-order valence-corrected chi connectivity index (χ1v) is 8.90. The molecule has 1 unspecified atom stereocenters.